The Hall–Kier alpha value is -0.920. The highest BCUT2D eigenvalue weighted by Gasteiger charge is 2.22. The molecule has 0 aliphatic heterocycles. The molecule has 0 fully saturated rings. The second-order valence-corrected chi connectivity index (χ2v) is 7.25. The molecule has 0 aromatic carbocycles. The Kier molecular flexibility index (Phi) is 9.76. The summed E-state index contributed by atoms with van der Waals surface area (Å²) in [7, 11) is -2.04. The highest BCUT2D eigenvalue weighted by atomic mass is 32.2. The third-order valence-corrected chi connectivity index (χ3v) is 4.55. The van der Waals surface area contributed by atoms with E-state index in [9.17, 15) is 17.8 Å². The van der Waals surface area contributed by atoms with Crippen LogP contribution in [0.5, 0.6) is 0 Å². The molecule has 126 valence electrons. The molecule has 0 aromatic heterocycles. The number of amides is 1. The van der Waals surface area contributed by atoms with Crippen molar-refractivity contribution >= 4 is 16.0 Å². The van der Waals surface area contributed by atoms with Gasteiger partial charge in [0.1, 0.15) is 0 Å². The average Bonchev–Trinajstić information content (AvgIpc) is 2.35. The Labute approximate surface area is 129 Å². The van der Waals surface area contributed by atoms with Crippen molar-refractivity contribution in [3.63, 3.8) is 0 Å². The van der Waals surface area contributed by atoms with Crippen LogP contribution in [0.2, 0.25) is 0 Å². The molecule has 0 aromatic rings. The Balaban J connectivity index is 0. The second kappa shape index (κ2) is 9.17. The minimum atomic E-state index is -4.33. The van der Waals surface area contributed by atoms with Gasteiger partial charge in [0.05, 0.1) is 42.6 Å². The van der Waals surface area contributed by atoms with Gasteiger partial charge in [-0.1, -0.05) is 6.58 Å². The molecule has 7 heteroatoms. The van der Waals surface area contributed by atoms with Crippen molar-refractivity contribution in [2.24, 2.45) is 0 Å². The summed E-state index contributed by atoms with van der Waals surface area (Å²) >= 11 is 0. The van der Waals surface area contributed by atoms with E-state index in [1.165, 1.54) is 38.0 Å². The van der Waals surface area contributed by atoms with Crippen LogP contribution in [-0.4, -0.2) is 61.3 Å². The molecule has 0 aliphatic carbocycles. The maximum Gasteiger partial charge on any atom is 0.243 e. The molecule has 6 nitrogen and oxygen atoms in total. The maximum atomic E-state index is 10.8. The van der Waals surface area contributed by atoms with E-state index in [1.807, 2.05) is 0 Å². The topological polar surface area (TPSA) is 86.3 Å². The van der Waals surface area contributed by atoms with Gasteiger partial charge in [0, 0.05) is 5.54 Å². The molecule has 0 atom stereocenters. The van der Waals surface area contributed by atoms with Crippen LogP contribution in [0.4, 0.5) is 0 Å². The summed E-state index contributed by atoms with van der Waals surface area (Å²) in [5.41, 5.74) is -1.06. The minimum Gasteiger partial charge on any atom is -0.748 e. The standard InChI is InChI=1S/C7H13NO4S.C7H18N/c1-4-6(9)8-7(2,3)5-13(10,11)12;1-5-8(4,6-2)7-3/h4H,1,5H2,2-3H3,(H,8,9)(H,10,11,12);5-7H2,1-4H3/q;+1/p-1. The second-order valence-electron chi connectivity index (χ2n) is 5.85. The highest BCUT2D eigenvalue weighted by Crippen LogP contribution is 2.05. The van der Waals surface area contributed by atoms with Crippen LogP contribution in [0.1, 0.15) is 34.6 Å². The average molecular weight is 322 g/mol. The van der Waals surface area contributed by atoms with Crippen LogP contribution in [-0.2, 0) is 14.9 Å². The van der Waals surface area contributed by atoms with Crippen LogP contribution in [0, 0.1) is 0 Å². The third-order valence-electron chi connectivity index (χ3n) is 3.47. The van der Waals surface area contributed by atoms with E-state index in [0.29, 0.717) is 0 Å². The summed E-state index contributed by atoms with van der Waals surface area (Å²) < 4.78 is 32.4. The van der Waals surface area contributed by atoms with Crippen LogP contribution >= 0.6 is 0 Å². The zero-order valence-electron chi connectivity index (χ0n) is 14.1. The third kappa shape index (κ3) is 12.5. The van der Waals surface area contributed by atoms with Crippen molar-refractivity contribution in [2.75, 3.05) is 32.4 Å². The summed E-state index contributed by atoms with van der Waals surface area (Å²) in [6, 6.07) is 0. The van der Waals surface area contributed by atoms with Crippen molar-refractivity contribution in [3.05, 3.63) is 12.7 Å². The molecule has 0 saturated carbocycles. The molecule has 0 spiro atoms. The summed E-state index contributed by atoms with van der Waals surface area (Å²) in [6.45, 7) is 16.6. The lowest BCUT2D eigenvalue weighted by Gasteiger charge is -2.30. The fraction of sp³-hybridized carbons (Fsp3) is 0.786. The van der Waals surface area contributed by atoms with Crippen molar-refractivity contribution < 1.29 is 22.2 Å². The van der Waals surface area contributed by atoms with Crippen molar-refractivity contribution in [3.8, 4) is 0 Å². The Morgan fingerprint density at radius 3 is 1.81 bits per heavy atom. The number of nitrogens with one attached hydrogen (secondary N) is 1. The summed E-state index contributed by atoms with van der Waals surface area (Å²) in [5.74, 6) is -1.15. The lowest BCUT2D eigenvalue weighted by molar-refractivity contribution is -0.904. The molecule has 1 amide bonds. The number of nitrogens with zero attached hydrogens (tertiary/aromatic N) is 1. The van der Waals surface area contributed by atoms with Gasteiger partial charge in [-0.2, -0.15) is 0 Å². The summed E-state index contributed by atoms with van der Waals surface area (Å²) in [4.78, 5) is 10.8. The largest absolute Gasteiger partial charge is 0.748 e. The fourth-order valence-electron chi connectivity index (χ4n) is 1.53. The zero-order valence-corrected chi connectivity index (χ0v) is 14.9. The van der Waals surface area contributed by atoms with Crippen LogP contribution < -0.4 is 5.32 Å². The highest BCUT2D eigenvalue weighted by molar-refractivity contribution is 7.85. The van der Waals surface area contributed by atoms with Gasteiger partial charge >= 0.3 is 0 Å². The van der Waals surface area contributed by atoms with E-state index in [4.69, 9.17) is 0 Å². The minimum absolute atomic E-state index is 0.506. The number of carbonyl (C=O) groups excluding carboxylic acids is 1. The normalized spacial score (nSPS) is 12.1. The number of quaternary nitrogens is 1. The van der Waals surface area contributed by atoms with Gasteiger partial charge in [0.25, 0.3) is 0 Å². The predicted octanol–water partition coefficient (Wildman–Crippen LogP) is 1.11. The van der Waals surface area contributed by atoms with E-state index in [1.54, 1.807) is 0 Å². The van der Waals surface area contributed by atoms with Gasteiger partial charge in [0.15, 0.2) is 0 Å². The van der Waals surface area contributed by atoms with Gasteiger partial charge in [-0.3, -0.25) is 4.79 Å². The van der Waals surface area contributed by atoms with Gasteiger partial charge in [0.2, 0.25) is 5.91 Å². The van der Waals surface area contributed by atoms with Gasteiger partial charge in [-0.15, -0.1) is 0 Å². The van der Waals surface area contributed by atoms with Crippen molar-refractivity contribution in [2.45, 2.75) is 40.2 Å². The van der Waals surface area contributed by atoms with Gasteiger partial charge in [-0.25, -0.2) is 8.42 Å². The molecule has 0 saturated heterocycles. The molecule has 1 N–H and O–H groups in total. The first-order chi connectivity index (χ1) is 9.34. The van der Waals surface area contributed by atoms with E-state index < -0.39 is 27.3 Å². The quantitative estimate of drug-likeness (QED) is 0.432. The lowest BCUT2D eigenvalue weighted by atomic mass is 10.1. The molecule has 0 heterocycles. The van der Waals surface area contributed by atoms with Crippen molar-refractivity contribution in [1.29, 1.82) is 0 Å². The lowest BCUT2D eigenvalue weighted by Crippen LogP contribution is -2.47. The van der Waals surface area contributed by atoms with E-state index in [2.05, 4.69) is 39.7 Å². The molecular weight excluding hydrogens is 292 g/mol. The van der Waals surface area contributed by atoms with Crippen LogP contribution in [0.25, 0.3) is 0 Å². The van der Waals surface area contributed by atoms with Gasteiger partial charge < -0.3 is 14.4 Å². The van der Waals surface area contributed by atoms with Crippen molar-refractivity contribution in [1.82, 2.24) is 5.32 Å². The predicted molar refractivity (Wildman–Crippen MR) is 84.8 cm³/mol. The SMILES string of the molecule is C=CC(=O)NC(C)(C)CS(=O)(=O)[O-].CC[N+](C)(CC)CC. The molecule has 21 heavy (non-hydrogen) atoms. The maximum absolute atomic E-state index is 10.8. The van der Waals surface area contributed by atoms with Gasteiger partial charge in [-0.05, 0) is 40.7 Å². The Morgan fingerprint density at radius 1 is 1.24 bits per heavy atom. The summed E-state index contributed by atoms with van der Waals surface area (Å²) in [5, 5.41) is 2.33. The number of rotatable bonds is 7. The molecule has 0 unspecified atom stereocenters. The molecule has 0 bridgehead atoms. The number of hydrogen-bond donors (Lipinski definition) is 1. The van der Waals surface area contributed by atoms with E-state index in [-0.39, 0.29) is 0 Å². The first kappa shape index (κ1) is 22.4. The van der Waals surface area contributed by atoms with E-state index in [0.717, 1.165) is 6.08 Å². The summed E-state index contributed by atoms with van der Waals surface area (Å²) in [6.07, 6.45) is 1.01. The fourth-order valence-corrected chi connectivity index (χ4v) is 2.49. The first-order valence-electron chi connectivity index (χ1n) is 7.06. The number of carbonyl (C=O) groups is 1. The smallest absolute Gasteiger partial charge is 0.243 e. The number of hydrogen-bond acceptors (Lipinski definition) is 4. The van der Waals surface area contributed by atoms with Crippen LogP contribution in [0.3, 0.4) is 0 Å². The molecule has 0 aliphatic rings. The monoisotopic (exact) mass is 322 g/mol. The Bertz CT molecular complexity index is 418. The zero-order chi connectivity index (χ0) is 17.3. The first-order valence-corrected chi connectivity index (χ1v) is 8.64. The molecule has 0 radical (unpaired) electrons. The van der Waals surface area contributed by atoms with Crippen LogP contribution in [0.15, 0.2) is 12.7 Å². The van der Waals surface area contributed by atoms with E-state index >= 15 is 0 Å². The molecular formula is C14H30N2O4S. The molecule has 0 rings (SSSR count). The Morgan fingerprint density at radius 2 is 1.62 bits per heavy atom.